The van der Waals surface area contributed by atoms with Crippen LogP contribution in [0.25, 0.3) is 0 Å². The summed E-state index contributed by atoms with van der Waals surface area (Å²) in [5, 5.41) is 9.77. The smallest absolute Gasteiger partial charge is 0.0667 e. The largest absolute Gasteiger partial charge is 0.392 e. The highest BCUT2D eigenvalue weighted by molar-refractivity contribution is 4.70. The van der Waals surface area contributed by atoms with Crippen LogP contribution in [0.5, 0.6) is 0 Å². The van der Waals surface area contributed by atoms with Crippen LogP contribution in [0.4, 0.5) is 0 Å². The van der Waals surface area contributed by atoms with Gasteiger partial charge in [0.05, 0.1) is 6.10 Å². The van der Waals surface area contributed by atoms with Crippen LogP contribution in [0.2, 0.25) is 0 Å². The van der Waals surface area contributed by atoms with E-state index in [1.807, 2.05) is 0 Å². The molecular formula is C12H25NO. The lowest BCUT2D eigenvalue weighted by atomic mass is 10.1. The molecule has 2 nitrogen and oxygen atoms in total. The first-order chi connectivity index (χ1) is 6.83. The molecule has 1 heterocycles. The zero-order valence-corrected chi connectivity index (χ0v) is 9.54. The standard InChI is InChI=1S/C12H25NO/c1-2-3-4-5-8-12(14)11-13-9-6-7-10-13/h12,14H,2-11H2,1H3. The molecule has 1 N–H and O–H groups in total. The number of hydrogen-bond donors (Lipinski definition) is 1. The van der Waals surface area contributed by atoms with E-state index in [4.69, 9.17) is 0 Å². The van der Waals surface area contributed by atoms with E-state index in [1.54, 1.807) is 0 Å². The Bertz CT molecular complexity index is 132. The van der Waals surface area contributed by atoms with Gasteiger partial charge in [0.1, 0.15) is 0 Å². The van der Waals surface area contributed by atoms with E-state index in [9.17, 15) is 5.11 Å². The Morgan fingerprint density at radius 3 is 2.50 bits per heavy atom. The number of rotatable bonds is 7. The lowest BCUT2D eigenvalue weighted by Gasteiger charge is -2.19. The molecule has 1 saturated heterocycles. The van der Waals surface area contributed by atoms with Gasteiger partial charge in [-0.3, -0.25) is 0 Å². The first kappa shape index (κ1) is 12.0. The highest BCUT2D eigenvalue weighted by atomic mass is 16.3. The summed E-state index contributed by atoms with van der Waals surface area (Å²) in [6.45, 7) is 5.53. The molecule has 14 heavy (non-hydrogen) atoms. The molecule has 0 spiro atoms. The molecule has 1 aliphatic heterocycles. The first-order valence-electron chi connectivity index (χ1n) is 6.23. The lowest BCUT2D eigenvalue weighted by molar-refractivity contribution is 0.114. The van der Waals surface area contributed by atoms with Crippen molar-refractivity contribution >= 4 is 0 Å². The molecule has 0 amide bonds. The second-order valence-electron chi connectivity index (χ2n) is 4.51. The number of unbranched alkanes of at least 4 members (excludes halogenated alkanes) is 3. The molecule has 1 aliphatic rings. The predicted octanol–water partition coefficient (Wildman–Crippen LogP) is 2.41. The maximum Gasteiger partial charge on any atom is 0.0667 e. The third kappa shape index (κ3) is 4.97. The van der Waals surface area contributed by atoms with Crippen LogP contribution in [0.15, 0.2) is 0 Å². The van der Waals surface area contributed by atoms with Gasteiger partial charge in [-0.2, -0.15) is 0 Å². The van der Waals surface area contributed by atoms with Crippen molar-refractivity contribution in [1.82, 2.24) is 4.90 Å². The minimum atomic E-state index is -0.0787. The number of likely N-dealkylation sites (tertiary alicyclic amines) is 1. The van der Waals surface area contributed by atoms with Crippen LogP contribution in [-0.4, -0.2) is 35.7 Å². The van der Waals surface area contributed by atoms with E-state index < -0.39 is 0 Å². The molecule has 0 aromatic heterocycles. The summed E-state index contributed by atoms with van der Waals surface area (Å²) in [6, 6.07) is 0. The van der Waals surface area contributed by atoms with E-state index in [2.05, 4.69) is 11.8 Å². The second-order valence-corrected chi connectivity index (χ2v) is 4.51. The van der Waals surface area contributed by atoms with Crippen molar-refractivity contribution in [2.24, 2.45) is 0 Å². The first-order valence-corrected chi connectivity index (χ1v) is 6.23. The van der Waals surface area contributed by atoms with Gasteiger partial charge in [0.2, 0.25) is 0 Å². The molecule has 0 aliphatic carbocycles. The monoisotopic (exact) mass is 199 g/mol. The van der Waals surface area contributed by atoms with Crippen LogP contribution in [-0.2, 0) is 0 Å². The molecule has 1 fully saturated rings. The van der Waals surface area contributed by atoms with Gasteiger partial charge in [-0.1, -0.05) is 32.6 Å². The Morgan fingerprint density at radius 2 is 1.86 bits per heavy atom. The molecule has 1 rings (SSSR count). The molecule has 1 atom stereocenters. The van der Waals surface area contributed by atoms with E-state index in [1.165, 1.54) is 51.6 Å². The zero-order valence-electron chi connectivity index (χ0n) is 9.54. The summed E-state index contributed by atoms with van der Waals surface area (Å²) in [6.07, 6.45) is 8.64. The summed E-state index contributed by atoms with van der Waals surface area (Å²) in [4.78, 5) is 2.39. The molecule has 0 aromatic rings. The predicted molar refractivity (Wildman–Crippen MR) is 60.4 cm³/mol. The van der Waals surface area contributed by atoms with Gasteiger partial charge in [-0.25, -0.2) is 0 Å². The number of aliphatic hydroxyl groups excluding tert-OH is 1. The quantitative estimate of drug-likeness (QED) is 0.636. The van der Waals surface area contributed by atoms with Gasteiger partial charge in [-0.05, 0) is 32.4 Å². The van der Waals surface area contributed by atoms with Crippen LogP contribution >= 0.6 is 0 Å². The molecule has 84 valence electrons. The van der Waals surface area contributed by atoms with Crippen molar-refractivity contribution in [3.05, 3.63) is 0 Å². The molecule has 2 heteroatoms. The number of aliphatic hydroxyl groups is 1. The third-order valence-electron chi connectivity index (χ3n) is 3.06. The van der Waals surface area contributed by atoms with Crippen molar-refractivity contribution < 1.29 is 5.11 Å². The van der Waals surface area contributed by atoms with Crippen LogP contribution in [0.1, 0.15) is 51.9 Å². The average Bonchev–Trinajstić information content (AvgIpc) is 2.65. The highest BCUT2D eigenvalue weighted by Gasteiger charge is 2.14. The summed E-state index contributed by atoms with van der Waals surface area (Å²) in [5.74, 6) is 0. The molecule has 1 unspecified atom stereocenters. The Morgan fingerprint density at radius 1 is 1.14 bits per heavy atom. The third-order valence-corrected chi connectivity index (χ3v) is 3.06. The number of hydrogen-bond acceptors (Lipinski definition) is 2. The molecule has 0 saturated carbocycles. The van der Waals surface area contributed by atoms with Gasteiger partial charge in [0, 0.05) is 6.54 Å². The van der Waals surface area contributed by atoms with Crippen LogP contribution in [0.3, 0.4) is 0 Å². The maximum atomic E-state index is 9.77. The SMILES string of the molecule is CCCCCCC(O)CN1CCCC1. The Balaban J connectivity index is 1.95. The van der Waals surface area contributed by atoms with Gasteiger partial charge >= 0.3 is 0 Å². The Labute approximate surface area is 88.3 Å². The fraction of sp³-hybridized carbons (Fsp3) is 1.00. The number of nitrogens with zero attached hydrogens (tertiary/aromatic N) is 1. The van der Waals surface area contributed by atoms with E-state index >= 15 is 0 Å². The maximum absolute atomic E-state index is 9.77. The fourth-order valence-corrected chi connectivity index (χ4v) is 2.16. The highest BCUT2D eigenvalue weighted by Crippen LogP contribution is 2.11. The van der Waals surface area contributed by atoms with Gasteiger partial charge in [0.25, 0.3) is 0 Å². The zero-order chi connectivity index (χ0) is 10.2. The van der Waals surface area contributed by atoms with E-state index in [-0.39, 0.29) is 6.10 Å². The summed E-state index contributed by atoms with van der Waals surface area (Å²) in [7, 11) is 0. The normalized spacial score (nSPS) is 20.1. The van der Waals surface area contributed by atoms with Crippen molar-refractivity contribution in [2.45, 2.75) is 58.0 Å². The van der Waals surface area contributed by atoms with Crippen LogP contribution < -0.4 is 0 Å². The van der Waals surface area contributed by atoms with Crippen molar-refractivity contribution in [3.63, 3.8) is 0 Å². The van der Waals surface area contributed by atoms with Gasteiger partial charge in [-0.15, -0.1) is 0 Å². The minimum absolute atomic E-state index is 0.0787. The van der Waals surface area contributed by atoms with Gasteiger partial charge in [0.15, 0.2) is 0 Å². The summed E-state index contributed by atoms with van der Waals surface area (Å²) < 4.78 is 0. The topological polar surface area (TPSA) is 23.5 Å². The molecule has 0 radical (unpaired) electrons. The summed E-state index contributed by atoms with van der Waals surface area (Å²) in [5.41, 5.74) is 0. The van der Waals surface area contributed by atoms with Crippen molar-refractivity contribution in [3.8, 4) is 0 Å². The average molecular weight is 199 g/mol. The summed E-state index contributed by atoms with van der Waals surface area (Å²) >= 11 is 0. The van der Waals surface area contributed by atoms with Crippen LogP contribution in [0, 0.1) is 0 Å². The molecule has 0 aromatic carbocycles. The Hall–Kier alpha value is -0.0800. The lowest BCUT2D eigenvalue weighted by Crippen LogP contribution is -2.29. The van der Waals surface area contributed by atoms with E-state index in [0.717, 1.165) is 13.0 Å². The molecular weight excluding hydrogens is 174 g/mol. The van der Waals surface area contributed by atoms with Crippen molar-refractivity contribution in [1.29, 1.82) is 0 Å². The second kappa shape index (κ2) is 7.24. The molecule has 0 bridgehead atoms. The minimum Gasteiger partial charge on any atom is -0.392 e. The van der Waals surface area contributed by atoms with Crippen molar-refractivity contribution in [2.75, 3.05) is 19.6 Å². The van der Waals surface area contributed by atoms with E-state index in [0.29, 0.717) is 0 Å². The van der Waals surface area contributed by atoms with Gasteiger partial charge < -0.3 is 10.0 Å². The fourth-order valence-electron chi connectivity index (χ4n) is 2.16. The number of β-amino-alcohol motifs (C(OH)–C–C–N with tert-alkyl or cyclic N) is 1. The Kier molecular flexibility index (Phi) is 6.20.